The van der Waals surface area contributed by atoms with E-state index in [0.717, 1.165) is 27.9 Å². The Bertz CT molecular complexity index is 571. The Labute approximate surface area is 133 Å². The van der Waals surface area contributed by atoms with Crippen molar-refractivity contribution in [2.24, 2.45) is 0 Å². The van der Waals surface area contributed by atoms with Crippen molar-refractivity contribution in [2.45, 2.75) is 32.1 Å². The number of nitrogens with one attached hydrogen (secondary N) is 1. The zero-order chi connectivity index (χ0) is 15.1. The molecule has 0 spiro atoms. The van der Waals surface area contributed by atoms with Crippen molar-refractivity contribution in [3.63, 3.8) is 0 Å². The van der Waals surface area contributed by atoms with Crippen molar-refractivity contribution in [3.8, 4) is 0 Å². The number of nitrogens with zero attached hydrogens (tertiary/aromatic N) is 2. The van der Waals surface area contributed by atoms with Gasteiger partial charge in [-0.15, -0.1) is 11.3 Å². The van der Waals surface area contributed by atoms with Crippen LogP contribution in [0.25, 0.3) is 0 Å². The highest BCUT2D eigenvalue weighted by atomic mass is 32.2. The van der Waals surface area contributed by atoms with E-state index in [1.807, 2.05) is 32.0 Å². The minimum atomic E-state index is -0.0510. The van der Waals surface area contributed by atoms with Gasteiger partial charge in [-0.2, -0.15) is 11.8 Å². The Morgan fingerprint density at radius 1 is 1.48 bits per heavy atom. The molecule has 1 amide bonds. The van der Waals surface area contributed by atoms with Crippen LogP contribution in [0.15, 0.2) is 29.8 Å². The third-order valence-electron chi connectivity index (χ3n) is 2.90. The van der Waals surface area contributed by atoms with Gasteiger partial charge >= 0.3 is 0 Å². The first-order valence-electron chi connectivity index (χ1n) is 6.84. The summed E-state index contributed by atoms with van der Waals surface area (Å²) in [5.74, 6) is 1.74. The first kappa shape index (κ1) is 16.0. The van der Waals surface area contributed by atoms with Crippen molar-refractivity contribution >= 4 is 29.0 Å². The molecule has 2 aromatic heterocycles. The highest BCUT2D eigenvalue weighted by molar-refractivity contribution is 7.98. The van der Waals surface area contributed by atoms with Gasteiger partial charge in [0.15, 0.2) is 0 Å². The van der Waals surface area contributed by atoms with Gasteiger partial charge in [-0.3, -0.25) is 9.78 Å². The fourth-order valence-electron chi connectivity index (χ4n) is 1.84. The van der Waals surface area contributed by atoms with Crippen molar-refractivity contribution in [3.05, 3.63) is 46.2 Å². The van der Waals surface area contributed by atoms with Crippen LogP contribution in [0.3, 0.4) is 0 Å². The zero-order valence-electron chi connectivity index (χ0n) is 12.2. The Hall–Kier alpha value is -1.40. The fraction of sp³-hybridized carbons (Fsp3) is 0.400. The van der Waals surface area contributed by atoms with Crippen LogP contribution in [0, 0.1) is 6.92 Å². The first-order valence-corrected chi connectivity index (χ1v) is 8.87. The molecule has 112 valence electrons. The predicted octanol–water partition coefficient (Wildman–Crippen LogP) is 3.35. The molecule has 0 fully saturated rings. The number of carbonyl (C=O) groups is 1. The van der Waals surface area contributed by atoms with Gasteiger partial charge in [0.25, 0.3) is 0 Å². The number of pyridine rings is 1. The van der Waals surface area contributed by atoms with E-state index in [9.17, 15) is 4.79 Å². The molecule has 2 aromatic rings. The van der Waals surface area contributed by atoms with Gasteiger partial charge in [0.2, 0.25) is 5.91 Å². The maximum Gasteiger partial charge on any atom is 0.221 e. The number of aromatic nitrogens is 2. The van der Waals surface area contributed by atoms with Gasteiger partial charge in [0.05, 0.1) is 22.4 Å². The van der Waals surface area contributed by atoms with E-state index in [4.69, 9.17) is 0 Å². The molecule has 0 aromatic carbocycles. The van der Waals surface area contributed by atoms with E-state index in [1.165, 1.54) is 0 Å². The van der Waals surface area contributed by atoms with Crippen LogP contribution in [0.5, 0.6) is 0 Å². The number of hydrogen-bond acceptors (Lipinski definition) is 5. The van der Waals surface area contributed by atoms with Crippen molar-refractivity contribution in [1.29, 1.82) is 0 Å². The summed E-state index contributed by atoms with van der Waals surface area (Å²) in [6, 6.07) is 5.67. The largest absolute Gasteiger partial charge is 0.348 e. The third kappa shape index (κ3) is 5.47. The summed E-state index contributed by atoms with van der Waals surface area (Å²) >= 11 is 3.40. The van der Waals surface area contributed by atoms with Gasteiger partial charge in [0, 0.05) is 29.5 Å². The quantitative estimate of drug-likeness (QED) is 0.795. The predicted molar refractivity (Wildman–Crippen MR) is 88.4 cm³/mol. The molecule has 0 unspecified atom stereocenters. The number of amides is 1. The highest BCUT2D eigenvalue weighted by Crippen LogP contribution is 2.16. The maximum absolute atomic E-state index is 11.9. The molecule has 2 rings (SSSR count). The average molecular weight is 321 g/mol. The van der Waals surface area contributed by atoms with Gasteiger partial charge in [-0.1, -0.05) is 6.07 Å². The zero-order valence-corrected chi connectivity index (χ0v) is 13.8. The number of rotatable bonds is 7. The lowest BCUT2D eigenvalue weighted by Crippen LogP contribution is -2.27. The van der Waals surface area contributed by atoms with Crippen molar-refractivity contribution in [1.82, 2.24) is 15.3 Å². The molecule has 1 N–H and O–H groups in total. The Morgan fingerprint density at radius 2 is 2.33 bits per heavy atom. The molecule has 2 heterocycles. The van der Waals surface area contributed by atoms with Gasteiger partial charge < -0.3 is 5.32 Å². The molecular formula is C15H19N3OS2. The van der Waals surface area contributed by atoms with Crippen molar-refractivity contribution < 1.29 is 4.79 Å². The molecular weight excluding hydrogens is 302 g/mol. The SMILES string of the molecule is Cc1nc(CSCCC(=O)N[C@H](C)c2ccccn2)cs1. The van der Waals surface area contributed by atoms with Crippen LogP contribution >= 0.6 is 23.1 Å². The Kier molecular flexibility index (Phi) is 6.20. The monoisotopic (exact) mass is 321 g/mol. The highest BCUT2D eigenvalue weighted by Gasteiger charge is 2.10. The summed E-state index contributed by atoms with van der Waals surface area (Å²) in [5, 5.41) is 6.14. The second-order valence-electron chi connectivity index (χ2n) is 4.70. The van der Waals surface area contributed by atoms with E-state index >= 15 is 0 Å². The lowest BCUT2D eigenvalue weighted by molar-refractivity contribution is -0.121. The summed E-state index contributed by atoms with van der Waals surface area (Å²) in [6.07, 6.45) is 2.26. The van der Waals surface area contributed by atoms with Gasteiger partial charge in [-0.05, 0) is 26.0 Å². The van der Waals surface area contributed by atoms with Crippen LogP contribution in [-0.2, 0) is 10.5 Å². The second kappa shape index (κ2) is 8.14. The molecule has 0 aliphatic carbocycles. The maximum atomic E-state index is 11.9. The summed E-state index contributed by atoms with van der Waals surface area (Å²) in [5.41, 5.74) is 1.99. The lowest BCUT2D eigenvalue weighted by Gasteiger charge is -2.13. The van der Waals surface area contributed by atoms with E-state index < -0.39 is 0 Å². The van der Waals surface area contributed by atoms with E-state index in [0.29, 0.717) is 6.42 Å². The standard InChI is InChI=1S/C15H19N3OS2/c1-11(14-5-3-4-7-16-14)17-15(19)6-8-20-9-13-10-21-12(2)18-13/h3-5,7,10-11H,6,8-9H2,1-2H3,(H,17,19)/t11-/m1/s1. The van der Waals surface area contributed by atoms with Gasteiger partial charge in [-0.25, -0.2) is 4.98 Å². The third-order valence-corrected chi connectivity index (χ3v) is 4.71. The molecule has 0 radical (unpaired) electrons. The molecule has 4 nitrogen and oxygen atoms in total. The number of aryl methyl sites for hydroxylation is 1. The van der Waals surface area contributed by atoms with E-state index in [1.54, 1.807) is 29.3 Å². The summed E-state index contributed by atoms with van der Waals surface area (Å²) < 4.78 is 0. The molecule has 0 bridgehead atoms. The molecule has 0 aliphatic rings. The topological polar surface area (TPSA) is 54.9 Å². The fourth-order valence-corrected chi connectivity index (χ4v) is 3.39. The summed E-state index contributed by atoms with van der Waals surface area (Å²) in [7, 11) is 0. The Morgan fingerprint density at radius 3 is 3.00 bits per heavy atom. The Balaban J connectivity index is 1.65. The number of hydrogen-bond donors (Lipinski definition) is 1. The summed E-state index contributed by atoms with van der Waals surface area (Å²) in [4.78, 5) is 20.5. The first-order chi connectivity index (χ1) is 10.1. The normalized spacial score (nSPS) is 12.1. The molecule has 0 aliphatic heterocycles. The van der Waals surface area contributed by atoms with Crippen molar-refractivity contribution in [2.75, 3.05) is 5.75 Å². The van der Waals surface area contributed by atoms with Crippen LogP contribution in [0.2, 0.25) is 0 Å². The second-order valence-corrected chi connectivity index (χ2v) is 6.87. The van der Waals surface area contributed by atoms with E-state index in [-0.39, 0.29) is 11.9 Å². The molecule has 0 saturated carbocycles. The number of thiazole rings is 1. The molecule has 21 heavy (non-hydrogen) atoms. The summed E-state index contributed by atoms with van der Waals surface area (Å²) in [6.45, 7) is 3.96. The minimum absolute atomic E-state index is 0.0510. The van der Waals surface area contributed by atoms with Crippen LogP contribution in [-0.4, -0.2) is 21.6 Å². The molecule has 0 saturated heterocycles. The molecule has 6 heteroatoms. The minimum Gasteiger partial charge on any atom is -0.348 e. The van der Waals surface area contributed by atoms with Crippen LogP contribution in [0.4, 0.5) is 0 Å². The number of carbonyl (C=O) groups excluding carboxylic acids is 1. The van der Waals surface area contributed by atoms with Crippen LogP contribution < -0.4 is 5.32 Å². The smallest absolute Gasteiger partial charge is 0.221 e. The van der Waals surface area contributed by atoms with E-state index in [2.05, 4.69) is 20.7 Å². The average Bonchev–Trinajstić information content (AvgIpc) is 2.90. The number of thioether (sulfide) groups is 1. The lowest BCUT2D eigenvalue weighted by atomic mass is 10.2. The van der Waals surface area contributed by atoms with Crippen LogP contribution in [0.1, 0.15) is 35.8 Å². The van der Waals surface area contributed by atoms with Gasteiger partial charge in [0.1, 0.15) is 0 Å². The molecule has 1 atom stereocenters.